The van der Waals surface area contributed by atoms with Crippen molar-refractivity contribution in [1.29, 1.82) is 0 Å². The first kappa shape index (κ1) is 16.5. The number of nitrogens with zero attached hydrogens (tertiary/aromatic N) is 1. The van der Waals surface area contributed by atoms with Crippen LogP contribution in [0.4, 0.5) is 0 Å². The van der Waals surface area contributed by atoms with Gasteiger partial charge in [-0.05, 0) is 19.8 Å². The predicted molar refractivity (Wildman–Crippen MR) is 77.2 cm³/mol. The van der Waals surface area contributed by atoms with Crippen LogP contribution in [0.15, 0.2) is 16.9 Å². The maximum absolute atomic E-state index is 11.4. The van der Waals surface area contributed by atoms with E-state index in [1.54, 1.807) is 20.2 Å². The molecule has 0 aromatic rings. The van der Waals surface area contributed by atoms with Crippen LogP contribution in [0.3, 0.4) is 0 Å². The fourth-order valence-electron chi connectivity index (χ4n) is 1.77. The Morgan fingerprint density at radius 1 is 1.55 bits per heavy atom. The molecule has 3 N–H and O–H groups in total. The lowest BCUT2D eigenvalue weighted by molar-refractivity contribution is -0.118. The van der Waals surface area contributed by atoms with Gasteiger partial charge in [0.2, 0.25) is 5.91 Å². The number of amides is 1. The Morgan fingerprint density at radius 2 is 2.40 bits per heavy atom. The van der Waals surface area contributed by atoms with E-state index < -0.39 is 0 Å². The van der Waals surface area contributed by atoms with E-state index in [4.69, 9.17) is 9.47 Å². The van der Waals surface area contributed by atoms with Crippen LogP contribution in [0.1, 0.15) is 19.8 Å². The molecule has 0 bridgehead atoms. The average Bonchev–Trinajstić information content (AvgIpc) is 2.91. The van der Waals surface area contributed by atoms with E-state index in [-0.39, 0.29) is 18.6 Å². The average molecular weight is 284 g/mol. The van der Waals surface area contributed by atoms with Gasteiger partial charge in [-0.25, -0.2) is 0 Å². The summed E-state index contributed by atoms with van der Waals surface area (Å²) in [5.74, 6) is -0.160. The van der Waals surface area contributed by atoms with Gasteiger partial charge in [0, 0.05) is 25.6 Å². The van der Waals surface area contributed by atoms with Crippen molar-refractivity contribution in [1.82, 2.24) is 16.0 Å². The van der Waals surface area contributed by atoms with E-state index in [0.717, 1.165) is 25.1 Å². The van der Waals surface area contributed by atoms with Gasteiger partial charge in [-0.15, -0.1) is 0 Å². The van der Waals surface area contributed by atoms with Gasteiger partial charge < -0.3 is 25.4 Å². The third-order valence-electron chi connectivity index (χ3n) is 2.63. The van der Waals surface area contributed by atoms with Crippen molar-refractivity contribution in [3.05, 3.63) is 11.9 Å². The largest absolute Gasteiger partial charge is 0.393 e. The second-order valence-electron chi connectivity index (χ2n) is 4.49. The summed E-state index contributed by atoms with van der Waals surface area (Å²) in [6.07, 6.45) is 5.58. The molecule has 1 fully saturated rings. The zero-order valence-corrected chi connectivity index (χ0v) is 12.1. The predicted octanol–water partition coefficient (Wildman–Crippen LogP) is -0.0457. The van der Waals surface area contributed by atoms with Crippen LogP contribution in [0.25, 0.3) is 0 Å². The number of carbonyl (C=O) groups is 1. The number of allylic oxidation sites excluding steroid dienone is 1. The highest BCUT2D eigenvalue weighted by atomic mass is 16.5. The Bertz CT molecular complexity index is 339. The zero-order chi connectivity index (χ0) is 14.6. The minimum absolute atomic E-state index is 0.0770. The quantitative estimate of drug-likeness (QED) is 0.239. The van der Waals surface area contributed by atoms with Crippen molar-refractivity contribution in [2.75, 3.05) is 33.5 Å². The van der Waals surface area contributed by atoms with E-state index in [9.17, 15) is 4.79 Å². The molecule has 1 aliphatic rings. The molecular weight excluding hydrogens is 260 g/mol. The highest BCUT2D eigenvalue weighted by Crippen LogP contribution is 2.11. The summed E-state index contributed by atoms with van der Waals surface area (Å²) in [6, 6.07) is 0. The van der Waals surface area contributed by atoms with E-state index in [1.165, 1.54) is 6.34 Å². The second-order valence-corrected chi connectivity index (χ2v) is 4.49. The first-order chi connectivity index (χ1) is 9.72. The molecule has 0 saturated carbocycles. The van der Waals surface area contributed by atoms with Crippen LogP contribution in [0.5, 0.6) is 0 Å². The molecular formula is C13H24N4O3. The third-order valence-corrected chi connectivity index (χ3v) is 2.63. The molecule has 0 aromatic heterocycles. The number of hydrogen-bond acceptors (Lipinski definition) is 5. The molecule has 0 radical (unpaired) electrons. The number of hydrogen-bond donors (Lipinski definition) is 3. The Labute approximate surface area is 119 Å². The number of carbonyl (C=O) groups excluding carboxylic acids is 1. The SMILES string of the molecule is CN/C=C(\C)NC(=O)CN=CNCOCC1CCCO1. The van der Waals surface area contributed by atoms with Crippen molar-refractivity contribution in [3.8, 4) is 0 Å². The molecule has 1 heterocycles. The number of rotatable bonds is 9. The van der Waals surface area contributed by atoms with Gasteiger partial charge in [-0.2, -0.15) is 0 Å². The van der Waals surface area contributed by atoms with Gasteiger partial charge in [0.25, 0.3) is 0 Å². The molecule has 1 unspecified atom stereocenters. The van der Waals surface area contributed by atoms with Gasteiger partial charge in [-0.3, -0.25) is 9.79 Å². The highest BCUT2D eigenvalue weighted by Gasteiger charge is 2.14. The summed E-state index contributed by atoms with van der Waals surface area (Å²) < 4.78 is 10.8. The summed E-state index contributed by atoms with van der Waals surface area (Å²) in [7, 11) is 1.77. The topological polar surface area (TPSA) is 84.0 Å². The molecule has 7 nitrogen and oxygen atoms in total. The molecule has 0 spiro atoms. The Balaban J connectivity index is 1.98. The van der Waals surface area contributed by atoms with Crippen LogP contribution < -0.4 is 16.0 Å². The lowest BCUT2D eigenvalue weighted by Crippen LogP contribution is -2.26. The van der Waals surface area contributed by atoms with Crippen LogP contribution in [-0.4, -0.2) is 51.9 Å². The van der Waals surface area contributed by atoms with Gasteiger partial charge >= 0.3 is 0 Å². The van der Waals surface area contributed by atoms with Crippen molar-refractivity contribution in [3.63, 3.8) is 0 Å². The Kier molecular flexibility index (Phi) is 8.41. The second kappa shape index (κ2) is 10.2. The fraction of sp³-hybridized carbons (Fsp3) is 0.692. The van der Waals surface area contributed by atoms with Gasteiger partial charge in [0.1, 0.15) is 13.3 Å². The third kappa shape index (κ3) is 7.75. The van der Waals surface area contributed by atoms with E-state index in [1.807, 2.05) is 0 Å². The van der Waals surface area contributed by atoms with Crippen molar-refractivity contribution < 1.29 is 14.3 Å². The van der Waals surface area contributed by atoms with Crippen LogP contribution >= 0.6 is 0 Å². The maximum atomic E-state index is 11.4. The molecule has 1 saturated heterocycles. The van der Waals surface area contributed by atoms with E-state index >= 15 is 0 Å². The molecule has 0 aromatic carbocycles. The number of ether oxygens (including phenoxy) is 2. The lowest BCUT2D eigenvalue weighted by Gasteiger charge is -2.09. The minimum Gasteiger partial charge on any atom is -0.393 e. The zero-order valence-electron chi connectivity index (χ0n) is 12.1. The summed E-state index contributed by atoms with van der Waals surface area (Å²) in [4.78, 5) is 15.4. The summed E-state index contributed by atoms with van der Waals surface area (Å²) in [5.41, 5.74) is 0.751. The van der Waals surface area contributed by atoms with Gasteiger partial charge in [0.05, 0.1) is 19.0 Å². The highest BCUT2D eigenvalue weighted by molar-refractivity contribution is 5.80. The monoisotopic (exact) mass is 284 g/mol. The minimum atomic E-state index is -0.160. The fourth-order valence-corrected chi connectivity index (χ4v) is 1.77. The Morgan fingerprint density at radius 3 is 3.10 bits per heavy atom. The normalized spacial score (nSPS) is 19.3. The summed E-state index contributed by atoms with van der Waals surface area (Å²) in [6.45, 7) is 3.67. The molecule has 0 aliphatic carbocycles. The molecule has 20 heavy (non-hydrogen) atoms. The number of aliphatic imine (C=N–C) groups is 1. The van der Waals surface area contributed by atoms with Crippen molar-refractivity contribution in [2.45, 2.75) is 25.9 Å². The molecule has 1 atom stereocenters. The Hall–Kier alpha value is -1.60. The van der Waals surface area contributed by atoms with Crippen molar-refractivity contribution >= 4 is 12.2 Å². The first-order valence-electron chi connectivity index (χ1n) is 6.77. The molecule has 1 rings (SSSR count). The van der Waals surface area contributed by atoms with Gasteiger partial charge in [-0.1, -0.05) is 0 Å². The van der Waals surface area contributed by atoms with Gasteiger partial charge in [0.15, 0.2) is 0 Å². The molecule has 114 valence electrons. The van der Waals surface area contributed by atoms with Crippen LogP contribution in [-0.2, 0) is 14.3 Å². The molecule has 1 aliphatic heterocycles. The number of nitrogens with one attached hydrogen (secondary N) is 3. The first-order valence-corrected chi connectivity index (χ1v) is 6.77. The summed E-state index contributed by atoms with van der Waals surface area (Å²) >= 11 is 0. The maximum Gasteiger partial charge on any atom is 0.245 e. The molecule has 7 heteroatoms. The smallest absolute Gasteiger partial charge is 0.245 e. The van der Waals surface area contributed by atoms with Crippen LogP contribution in [0, 0.1) is 0 Å². The van der Waals surface area contributed by atoms with Crippen LogP contribution in [0.2, 0.25) is 0 Å². The van der Waals surface area contributed by atoms with E-state index in [0.29, 0.717) is 13.3 Å². The van der Waals surface area contributed by atoms with Crippen molar-refractivity contribution in [2.24, 2.45) is 4.99 Å². The summed E-state index contributed by atoms with van der Waals surface area (Å²) in [5, 5.41) is 8.39. The van der Waals surface area contributed by atoms with E-state index in [2.05, 4.69) is 20.9 Å². The molecule has 1 amide bonds. The standard InChI is InChI=1S/C13H24N4O3/c1-11(6-14-2)17-13(18)7-15-9-16-10-19-8-12-4-3-5-20-12/h6,9,12,14H,3-5,7-8,10H2,1-2H3,(H,15,16)(H,17,18)/b11-6+. The lowest BCUT2D eigenvalue weighted by atomic mass is 10.2.